The standard InChI is InChI=1S/C13H8N2O4/c16-12(17)11-7-18-13(15-11)19-9-4-3-8-2-1-5-14-10(8)6-9/h1-7H,(H,16,17). The number of rotatable bonds is 3. The Balaban J connectivity index is 1.89. The fraction of sp³-hybridized carbons (Fsp3) is 0. The molecule has 0 aliphatic heterocycles. The highest BCUT2D eigenvalue weighted by Gasteiger charge is 2.12. The summed E-state index contributed by atoms with van der Waals surface area (Å²) in [4.78, 5) is 18.5. The molecule has 2 aromatic heterocycles. The third kappa shape index (κ3) is 2.23. The maximum atomic E-state index is 10.7. The molecule has 1 aromatic carbocycles. The number of aromatic carboxylic acids is 1. The Hall–Kier alpha value is -2.89. The van der Waals surface area contributed by atoms with Gasteiger partial charge in [-0.05, 0) is 18.2 Å². The molecule has 3 aromatic rings. The molecular weight excluding hydrogens is 248 g/mol. The fourth-order valence-electron chi connectivity index (χ4n) is 1.61. The zero-order valence-corrected chi connectivity index (χ0v) is 9.61. The van der Waals surface area contributed by atoms with Crippen molar-refractivity contribution >= 4 is 16.9 Å². The van der Waals surface area contributed by atoms with Gasteiger partial charge in [-0.15, -0.1) is 0 Å². The number of ether oxygens (including phenoxy) is 1. The maximum absolute atomic E-state index is 10.7. The van der Waals surface area contributed by atoms with Crippen LogP contribution in [0.1, 0.15) is 10.5 Å². The van der Waals surface area contributed by atoms with E-state index in [1.165, 1.54) is 0 Å². The van der Waals surface area contributed by atoms with E-state index in [2.05, 4.69) is 9.97 Å². The van der Waals surface area contributed by atoms with Crippen molar-refractivity contribution in [1.82, 2.24) is 9.97 Å². The Bertz CT molecular complexity index is 751. The quantitative estimate of drug-likeness (QED) is 0.775. The Morgan fingerprint density at radius 2 is 2.21 bits per heavy atom. The van der Waals surface area contributed by atoms with Crippen molar-refractivity contribution in [2.45, 2.75) is 0 Å². The lowest BCUT2D eigenvalue weighted by Crippen LogP contribution is -1.95. The fourth-order valence-corrected chi connectivity index (χ4v) is 1.61. The van der Waals surface area contributed by atoms with Crippen molar-refractivity contribution in [2.75, 3.05) is 0 Å². The van der Waals surface area contributed by atoms with E-state index >= 15 is 0 Å². The van der Waals surface area contributed by atoms with Gasteiger partial charge in [0, 0.05) is 17.6 Å². The Morgan fingerprint density at radius 1 is 1.32 bits per heavy atom. The molecule has 0 unspecified atom stereocenters. The molecule has 0 aliphatic rings. The van der Waals surface area contributed by atoms with E-state index in [9.17, 15) is 4.79 Å². The molecule has 0 amide bonds. The van der Waals surface area contributed by atoms with Crippen LogP contribution in [-0.2, 0) is 0 Å². The van der Waals surface area contributed by atoms with Gasteiger partial charge in [-0.3, -0.25) is 4.98 Å². The van der Waals surface area contributed by atoms with Crippen LogP contribution < -0.4 is 4.74 Å². The lowest BCUT2D eigenvalue weighted by Gasteiger charge is -2.01. The number of benzene rings is 1. The van der Waals surface area contributed by atoms with Gasteiger partial charge in [0.2, 0.25) is 0 Å². The van der Waals surface area contributed by atoms with E-state index < -0.39 is 5.97 Å². The molecule has 19 heavy (non-hydrogen) atoms. The number of hydrogen-bond acceptors (Lipinski definition) is 5. The molecule has 1 N–H and O–H groups in total. The summed E-state index contributed by atoms with van der Waals surface area (Å²) in [6.45, 7) is 0. The summed E-state index contributed by atoms with van der Waals surface area (Å²) in [6.07, 6.45) is 2.59. The third-order valence-electron chi connectivity index (χ3n) is 2.48. The highest BCUT2D eigenvalue weighted by molar-refractivity contribution is 5.84. The van der Waals surface area contributed by atoms with Crippen LogP contribution in [0.25, 0.3) is 10.9 Å². The number of carbonyl (C=O) groups is 1. The number of carboxylic acid groups (broad SMARTS) is 1. The van der Waals surface area contributed by atoms with Crippen molar-refractivity contribution < 1.29 is 19.1 Å². The van der Waals surface area contributed by atoms with E-state index in [0.717, 1.165) is 17.2 Å². The van der Waals surface area contributed by atoms with Gasteiger partial charge in [-0.2, -0.15) is 4.98 Å². The number of pyridine rings is 1. The van der Waals surface area contributed by atoms with Crippen molar-refractivity contribution in [3.63, 3.8) is 0 Å². The molecule has 94 valence electrons. The maximum Gasteiger partial charge on any atom is 0.399 e. The normalized spacial score (nSPS) is 10.5. The second-order valence-electron chi connectivity index (χ2n) is 3.76. The highest BCUT2D eigenvalue weighted by atomic mass is 16.6. The third-order valence-corrected chi connectivity index (χ3v) is 2.48. The van der Waals surface area contributed by atoms with E-state index in [-0.39, 0.29) is 11.8 Å². The number of aromatic nitrogens is 2. The largest absolute Gasteiger partial charge is 0.476 e. The number of nitrogens with zero attached hydrogens (tertiary/aromatic N) is 2. The minimum absolute atomic E-state index is 0.118. The van der Waals surface area contributed by atoms with Crippen molar-refractivity contribution in [2.24, 2.45) is 0 Å². The summed E-state index contributed by atoms with van der Waals surface area (Å²) in [5, 5.41) is 9.70. The average molecular weight is 256 g/mol. The number of oxazole rings is 1. The van der Waals surface area contributed by atoms with Crippen LogP contribution >= 0.6 is 0 Å². The molecule has 0 atom stereocenters. The molecule has 0 bridgehead atoms. The lowest BCUT2D eigenvalue weighted by molar-refractivity contribution is 0.0690. The zero-order chi connectivity index (χ0) is 13.2. The number of carboxylic acids is 1. The summed E-state index contributed by atoms with van der Waals surface area (Å²) in [5.74, 6) is -0.691. The second-order valence-corrected chi connectivity index (χ2v) is 3.76. The van der Waals surface area contributed by atoms with E-state index in [1.807, 2.05) is 18.2 Å². The first-order valence-electron chi connectivity index (χ1n) is 5.44. The van der Waals surface area contributed by atoms with Crippen molar-refractivity contribution in [1.29, 1.82) is 0 Å². The molecular formula is C13H8N2O4. The predicted octanol–water partition coefficient (Wildman–Crippen LogP) is 2.71. The van der Waals surface area contributed by atoms with Gasteiger partial charge in [-0.25, -0.2) is 4.79 Å². The summed E-state index contributed by atoms with van der Waals surface area (Å²) in [6, 6.07) is 9.07. The topological polar surface area (TPSA) is 85.5 Å². The van der Waals surface area contributed by atoms with Crippen LogP contribution in [0.3, 0.4) is 0 Å². The van der Waals surface area contributed by atoms with E-state index in [4.69, 9.17) is 14.3 Å². The van der Waals surface area contributed by atoms with Crippen molar-refractivity contribution in [3.05, 3.63) is 48.5 Å². The minimum atomic E-state index is -1.17. The van der Waals surface area contributed by atoms with Crippen molar-refractivity contribution in [3.8, 4) is 11.8 Å². The molecule has 6 heteroatoms. The molecule has 2 heterocycles. The molecule has 0 saturated heterocycles. The molecule has 3 rings (SSSR count). The lowest BCUT2D eigenvalue weighted by atomic mass is 10.2. The Kier molecular flexibility index (Phi) is 2.60. The van der Waals surface area contributed by atoms with Gasteiger partial charge >= 0.3 is 12.0 Å². The van der Waals surface area contributed by atoms with Crippen LogP contribution in [0.4, 0.5) is 0 Å². The van der Waals surface area contributed by atoms with Gasteiger partial charge in [0.05, 0.1) is 5.52 Å². The van der Waals surface area contributed by atoms with Crippen LogP contribution in [0.5, 0.6) is 11.8 Å². The van der Waals surface area contributed by atoms with Gasteiger partial charge < -0.3 is 14.3 Å². The highest BCUT2D eigenvalue weighted by Crippen LogP contribution is 2.24. The van der Waals surface area contributed by atoms with Crippen LogP contribution in [0.15, 0.2) is 47.2 Å². The second kappa shape index (κ2) is 4.41. The van der Waals surface area contributed by atoms with Gasteiger partial charge in [0.25, 0.3) is 0 Å². The van der Waals surface area contributed by atoms with E-state index in [0.29, 0.717) is 5.75 Å². The first-order valence-corrected chi connectivity index (χ1v) is 5.44. The van der Waals surface area contributed by atoms with Crippen LogP contribution in [0, 0.1) is 0 Å². The first-order chi connectivity index (χ1) is 9.22. The van der Waals surface area contributed by atoms with Gasteiger partial charge in [0.15, 0.2) is 5.69 Å². The molecule has 0 fully saturated rings. The van der Waals surface area contributed by atoms with Crippen LogP contribution in [0.2, 0.25) is 0 Å². The average Bonchev–Trinajstić information content (AvgIpc) is 2.87. The monoisotopic (exact) mass is 256 g/mol. The summed E-state index contributed by atoms with van der Waals surface area (Å²) >= 11 is 0. The molecule has 0 spiro atoms. The summed E-state index contributed by atoms with van der Waals surface area (Å²) in [5.41, 5.74) is 0.568. The summed E-state index contributed by atoms with van der Waals surface area (Å²) < 4.78 is 10.2. The SMILES string of the molecule is O=C(O)c1coc(Oc2ccc3cccnc3c2)n1. The predicted molar refractivity (Wildman–Crippen MR) is 65.3 cm³/mol. The molecule has 0 aliphatic carbocycles. The van der Waals surface area contributed by atoms with Gasteiger partial charge in [0.1, 0.15) is 12.0 Å². The first kappa shape index (κ1) is 11.2. The molecule has 0 radical (unpaired) electrons. The Labute approximate surface area is 107 Å². The molecule has 6 nitrogen and oxygen atoms in total. The zero-order valence-electron chi connectivity index (χ0n) is 9.61. The molecule has 0 saturated carbocycles. The minimum Gasteiger partial charge on any atom is -0.476 e. The smallest absolute Gasteiger partial charge is 0.399 e. The van der Waals surface area contributed by atoms with Crippen LogP contribution in [-0.4, -0.2) is 21.0 Å². The summed E-state index contributed by atoms with van der Waals surface area (Å²) in [7, 11) is 0. The van der Waals surface area contributed by atoms with E-state index in [1.54, 1.807) is 18.3 Å². The Morgan fingerprint density at radius 3 is 3.00 bits per heavy atom. The number of hydrogen-bond donors (Lipinski definition) is 1. The number of fused-ring (bicyclic) bond motifs is 1. The van der Waals surface area contributed by atoms with Gasteiger partial charge in [-0.1, -0.05) is 6.07 Å².